The van der Waals surface area contributed by atoms with Gasteiger partial charge < -0.3 is 10.5 Å². The monoisotopic (exact) mass is 195 g/mol. The summed E-state index contributed by atoms with van der Waals surface area (Å²) in [5.74, 6) is 2.56. The summed E-state index contributed by atoms with van der Waals surface area (Å²) >= 11 is 0. The Bertz CT molecular complexity index is 224. The van der Waals surface area contributed by atoms with Gasteiger partial charge in [0.2, 0.25) is 0 Å². The molecule has 0 amide bonds. The molecule has 1 saturated carbocycles. The van der Waals surface area contributed by atoms with Gasteiger partial charge in [-0.25, -0.2) is 0 Å². The van der Waals surface area contributed by atoms with Crippen molar-refractivity contribution < 1.29 is 4.74 Å². The van der Waals surface area contributed by atoms with Crippen LogP contribution in [0.15, 0.2) is 11.8 Å². The number of rotatable bonds is 2. The molecule has 0 aromatic carbocycles. The van der Waals surface area contributed by atoms with Crippen LogP contribution in [-0.2, 0) is 4.74 Å². The summed E-state index contributed by atoms with van der Waals surface area (Å²) in [4.78, 5) is 0. The van der Waals surface area contributed by atoms with Gasteiger partial charge in [0.25, 0.3) is 0 Å². The molecule has 2 N–H and O–H groups in total. The highest BCUT2D eigenvalue weighted by molar-refractivity contribution is 5.08. The lowest BCUT2D eigenvalue weighted by Gasteiger charge is -2.31. The van der Waals surface area contributed by atoms with E-state index in [1.807, 2.05) is 0 Å². The number of nitrogens with two attached hydrogens (primary N) is 1. The normalized spacial score (nSPS) is 34.9. The van der Waals surface area contributed by atoms with Crippen LogP contribution in [0.2, 0.25) is 0 Å². The molecule has 0 radical (unpaired) electrons. The van der Waals surface area contributed by atoms with Crippen LogP contribution in [0.5, 0.6) is 0 Å². The van der Waals surface area contributed by atoms with Crippen LogP contribution in [0.1, 0.15) is 39.0 Å². The second kappa shape index (κ2) is 4.35. The third kappa shape index (κ3) is 2.11. The molecule has 0 saturated heterocycles. The fraction of sp³-hybridized carbons (Fsp3) is 0.833. The van der Waals surface area contributed by atoms with E-state index >= 15 is 0 Å². The van der Waals surface area contributed by atoms with Gasteiger partial charge in [-0.2, -0.15) is 0 Å². The Morgan fingerprint density at radius 1 is 1.50 bits per heavy atom. The molecule has 2 nitrogen and oxygen atoms in total. The molecule has 1 aliphatic heterocycles. The third-order valence-corrected chi connectivity index (χ3v) is 3.55. The smallest absolute Gasteiger partial charge is 0.109 e. The summed E-state index contributed by atoms with van der Waals surface area (Å²) in [6, 6.07) is 0.167. The van der Waals surface area contributed by atoms with Crippen LogP contribution in [0.4, 0.5) is 0 Å². The van der Waals surface area contributed by atoms with E-state index in [0.29, 0.717) is 5.92 Å². The molecule has 14 heavy (non-hydrogen) atoms. The first-order valence-corrected chi connectivity index (χ1v) is 5.86. The molecule has 0 bridgehead atoms. The molecule has 2 heteroatoms. The quantitative estimate of drug-likeness (QED) is 0.734. The van der Waals surface area contributed by atoms with Crippen LogP contribution in [0, 0.1) is 11.8 Å². The largest absolute Gasteiger partial charge is 0.496 e. The Balaban J connectivity index is 1.92. The molecular formula is C12H21NO. The Hall–Kier alpha value is -0.500. The van der Waals surface area contributed by atoms with Crippen molar-refractivity contribution in [2.45, 2.75) is 45.1 Å². The van der Waals surface area contributed by atoms with E-state index in [-0.39, 0.29) is 6.04 Å². The van der Waals surface area contributed by atoms with Crippen LogP contribution in [-0.4, -0.2) is 12.6 Å². The van der Waals surface area contributed by atoms with E-state index in [1.165, 1.54) is 25.7 Å². The Kier molecular flexibility index (Phi) is 3.12. The van der Waals surface area contributed by atoms with Gasteiger partial charge in [-0.3, -0.25) is 0 Å². The summed E-state index contributed by atoms with van der Waals surface area (Å²) in [7, 11) is 0. The summed E-state index contributed by atoms with van der Waals surface area (Å²) in [5, 5.41) is 0. The summed E-state index contributed by atoms with van der Waals surface area (Å²) < 4.78 is 5.54. The highest BCUT2D eigenvalue weighted by Crippen LogP contribution is 2.33. The SMILES string of the molecule is CC1CCCC(C(N)C2=CCCO2)C1. The predicted molar refractivity (Wildman–Crippen MR) is 57.7 cm³/mol. The molecule has 2 rings (SSSR count). The van der Waals surface area contributed by atoms with Crippen molar-refractivity contribution in [3.63, 3.8) is 0 Å². The molecule has 2 aliphatic rings. The van der Waals surface area contributed by atoms with Crippen molar-refractivity contribution in [3.8, 4) is 0 Å². The molecule has 80 valence electrons. The molecule has 0 aromatic heterocycles. The van der Waals surface area contributed by atoms with Gasteiger partial charge in [-0.05, 0) is 30.8 Å². The average Bonchev–Trinajstić information content (AvgIpc) is 2.69. The van der Waals surface area contributed by atoms with Gasteiger partial charge in [0.1, 0.15) is 5.76 Å². The zero-order valence-corrected chi connectivity index (χ0v) is 9.04. The van der Waals surface area contributed by atoms with E-state index in [2.05, 4.69) is 13.0 Å². The second-order valence-electron chi connectivity index (χ2n) is 4.80. The van der Waals surface area contributed by atoms with Crippen LogP contribution >= 0.6 is 0 Å². The summed E-state index contributed by atoms with van der Waals surface area (Å²) in [6.07, 6.45) is 8.50. The maximum Gasteiger partial charge on any atom is 0.109 e. The van der Waals surface area contributed by atoms with E-state index in [1.54, 1.807) is 0 Å². The topological polar surface area (TPSA) is 35.2 Å². The lowest BCUT2D eigenvalue weighted by atomic mass is 9.78. The van der Waals surface area contributed by atoms with Gasteiger partial charge in [0.15, 0.2) is 0 Å². The number of hydrogen-bond acceptors (Lipinski definition) is 2. The Morgan fingerprint density at radius 2 is 2.36 bits per heavy atom. The minimum absolute atomic E-state index is 0.167. The van der Waals surface area contributed by atoms with Crippen molar-refractivity contribution in [2.75, 3.05) is 6.61 Å². The number of hydrogen-bond donors (Lipinski definition) is 1. The molecule has 0 spiro atoms. The maximum absolute atomic E-state index is 6.22. The van der Waals surface area contributed by atoms with Crippen LogP contribution in [0.25, 0.3) is 0 Å². The molecule has 3 unspecified atom stereocenters. The zero-order valence-electron chi connectivity index (χ0n) is 9.04. The van der Waals surface area contributed by atoms with E-state index in [9.17, 15) is 0 Å². The lowest BCUT2D eigenvalue weighted by Crippen LogP contribution is -2.35. The van der Waals surface area contributed by atoms with Crippen molar-refractivity contribution in [1.29, 1.82) is 0 Å². The molecule has 1 fully saturated rings. The molecule has 1 heterocycles. The Labute approximate surface area is 86.5 Å². The first kappa shape index (κ1) is 10.0. The fourth-order valence-corrected chi connectivity index (χ4v) is 2.71. The summed E-state index contributed by atoms with van der Waals surface area (Å²) in [6.45, 7) is 3.17. The van der Waals surface area contributed by atoms with Gasteiger partial charge in [-0.15, -0.1) is 0 Å². The standard InChI is InChI=1S/C12H21NO/c1-9-4-2-5-10(8-9)12(13)11-6-3-7-14-11/h6,9-10,12H,2-5,7-8,13H2,1H3. The minimum Gasteiger partial charge on any atom is -0.496 e. The fourth-order valence-electron chi connectivity index (χ4n) is 2.71. The van der Waals surface area contributed by atoms with E-state index < -0.39 is 0 Å². The molecular weight excluding hydrogens is 174 g/mol. The van der Waals surface area contributed by atoms with Gasteiger partial charge in [0, 0.05) is 6.42 Å². The number of ether oxygens (including phenoxy) is 1. The van der Waals surface area contributed by atoms with Crippen molar-refractivity contribution >= 4 is 0 Å². The molecule has 1 aliphatic carbocycles. The first-order valence-electron chi connectivity index (χ1n) is 5.86. The van der Waals surface area contributed by atoms with Crippen molar-refractivity contribution in [1.82, 2.24) is 0 Å². The zero-order chi connectivity index (χ0) is 9.97. The van der Waals surface area contributed by atoms with E-state index in [0.717, 1.165) is 24.7 Å². The van der Waals surface area contributed by atoms with Crippen molar-refractivity contribution in [3.05, 3.63) is 11.8 Å². The average molecular weight is 195 g/mol. The highest BCUT2D eigenvalue weighted by atomic mass is 16.5. The van der Waals surface area contributed by atoms with E-state index in [4.69, 9.17) is 10.5 Å². The second-order valence-corrected chi connectivity index (χ2v) is 4.80. The Morgan fingerprint density at radius 3 is 3.00 bits per heavy atom. The van der Waals surface area contributed by atoms with Crippen LogP contribution < -0.4 is 5.73 Å². The molecule has 3 atom stereocenters. The van der Waals surface area contributed by atoms with Gasteiger partial charge in [-0.1, -0.05) is 19.8 Å². The minimum atomic E-state index is 0.167. The summed E-state index contributed by atoms with van der Waals surface area (Å²) in [5.41, 5.74) is 6.22. The first-order chi connectivity index (χ1) is 6.77. The highest BCUT2D eigenvalue weighted by Gasteiger charge is 2.28. The molecule has 0 aromatic rings. The lowest BCUT2D eigenvalue weighted by molar-refractivity contribution is 0.179. The third-order valence-electron chi connectivity index (χ3n) is 3.55. The van der Waals surface area contributed by atoms with Gasteiger partial charge in [0.05, 0.1) is 12.6 Å². The maximum atomic E-state index is 6.22. The van der Waals surface area contributed by atoms with Crippen LogP contribution in [0.3, 0.4) is 0 Å². The predicted octanol–water partition coefficient (Wildman–Crippen LogP) is 2.44. The van der Waals surface area contributed by atoms with Crippen molar-refractivity contribution in [2.24, 2.45) is 17.6 Å². The van der Waals surface area contributed by atoms with Gasteiger partial charge >= 0.3 is 0 Å².